The number of ether oxygens (including phenoxy) is 4. The maximum absolute atomic E-state index is 12.7. The van der Waals surface area contributed by atoms with E-state index in [1.807, 2.05) is 0 Å². The van der Waals surface area contributed by atoms with Crippen molar-refractivity contribution >= 4 is 35.6 Å². The van der Waals surface area contributed by atoms with Crippen LogP contribution in [-0.4, -0.2) is 112 Å². The van der Waals surface area contributed by atoms with Crippen molar-refractivity contribution in [3.63, 3.8) is 0 Å². The lowest BCUT2D eigenvalue weighted by Gasteiger charge is -2.25. The van der Waals surface area contributed by atoms with Crippen LogP contribution in [0.25, 0.3) is 0 Å². The minimum Gasteiger partial charge on any atom is -0.459 e. The molecule has 0 bridgehead atoms. The summed E-state index contributed by atoms with van der Waals surface area (Å²) < 4.78 is 21.3. The summed E-state index contributed by atoms with van der Waals surface area (Å²) in [6.07, 6.45) is 1.51. The summed E-state index contributed by atoms with van der Waals surface area (Å²) in [5, 5.41) is 7.83. The van der Waals surface area contributed by atoms with Crippen molar-refractivity contribution in [1.82, 2.24) is 21.4 Å². The molecular weight excluding hydrogens is 632 g/mol. The summed E-state index contributed by atoms with van der Waals surface area (Å²) in [6, 6.07) is -2.89. The summed E-state index contributed by atoms with van der Waals surface area (Å²) in [4.78, 5) is 78.7. The number of nitrogens with two attached hydrogens (primary N) is 2. The zero-order valence-electron chi connectivity index (χ0n) is 29.6. The highest BCUT2D eigenvalue weighted by molar-refractivity contribution is 5.87. The minimum absolute atomic E-state index is 0.00417. The Bertz CT molecular complexity index is 1010. The van der Waals surface area contributed by atoms with Crippen molar-refractivity contribution in [2.45, 2.75) is 116 Å². The highest BCUT2D eigenvalue weighted by Gasteiger charge is 2.28. The summed E-state index contributed by atoms with van der Waals surface area (Å²) in [5.41, 5.74) is 12.0. The van der Waals surface area contributed by atoms with Gasteiger partial charge in [-0.1, -0.05) is 0 Å². The lowest BCUT2D eigenvalue weighted by atomic mass is 10.1. The number of hydrogen-bond donors (Lipinski definition) is 6. The van der Waals surface area contributed by atoms with Crippen molar-refractivity contribution in [3.8, 4) is 0 Å². The van der Waals surface area contributed by atoms with Crippen LogP contribution in [-0.2, 0) is 52.6 Å². The van der Waals surface area contributed by atoms with Gasteiger partial charge in [0, 0.05) is 19.4 Å². The molecule has 0 rings (SSSR count). The number of rotatable bonds is 24. The van der Waals surface area contributed by atoms with Crippen LogP contribution in [0.5, 0.6) is 0 Å². The van der Waals surface area contributed by atoms with Crippen molar-refractivity contribution in [3.05, 3.63) is 0 Å². The molecule has 17 nitrogen and oxygen atoms in total. The van der Waals surface area contributed by atoms with Crippen LogP contribution in [0.15, 0.2) is 0 Å². The molecule has 0 heterocycles. The molecule has 0 spiro atoms. The molecule has 17 heteroatoms. The van der Waals surface area contributed by atoms with Crippen molar-refractivity contribution < 1.29 is 52.6 Å². The molecular formula is C31H58N6O11. The standard InChI is InChI=1S/C31H58N6O11/c1-30(2,3)47-28(42)21(33)11-13-25(39)36-23(29(43)48-31(4,5)6)12-14-24(38)34-16-17-45-18-19-46-20-26(40)35-22(10-8-9-15-32)27(41)37-44-7/h21-23H,8-20,32-33H2,1-7H3,(H,34,38)(H,35,40)(H,36,39)(H,37,41). The van der Waals surface area contributed by atoms with Crippen LogP contribution in [0, 0.1) is 0 Å². The second-order valence-electron chi connectivity index (χ2n) is 13.0. The average Bonchev–Trinajstić information content (AvgIpc) is 2.97. The number of hydroxylamine groups is 1. The van der Waals surface area contributed by atoms with Crippen LogP contribution in [0.4, 0.5) is 0 Å². The fourth-order valence-corrected chi connectivity index (χ4v) is 3.85. The number of carbonyl (C=O) groups is 6. The van der Waals surface area contributed by atoms with Gasteiger partial charge in [-0.15, -0.1) is 0 Å². The first kappa shape index (κ1) is 44.6. The maximum atomic E-state index is 12.7. The number of carbonyl (C=O) groups excluding carboxylic acids is 6. The van der Waals surface area contributed by atoms with Crippen molar-refractivity contribution in [1.29, 1.82) is 0 Å². The van der Waals surface area contributed by atoms with Crippen LogP contribution in [0.2, 0.25) is 0 Å². The zero-order valence-corrected chi connectivity index (χ0v) is 29.6. The Labute approximate surface area is 283 Å². The van der Waals surface area contributed by atoms with E-state index in [2.05, 4.69) is 26.3 Å². The Hall–Kier alpha value is -3.38. The van der Waals surface area contributed by atoms with Gasteiger partial charge in [-0.05, 0) is 80.2 Å². The number of amides is 4. The van der Waals surface area contributed by atoms with Crippen LogP contribution >= 0.6 is 0 Å². The Morgan fingerprint density at radius 1 is 0.688 bits per heavy atom. The van der Waals surface area contributed by atoms with Gasteiger partial charge in [0.2, 0.25) is 17.7 Å². The largest absolute Gasteiger partial charge is 0.459 e. The normalized spacial score (nSPS) is 13.4. The van der Waals surface area contributed by atoms with Gasteiger partial charge in [-0.2, -0.15) is 0 Å². The third-order valence-corrected chi connectivity index (χ3v) is 6.05. The SMILES string of the molecule is CONC(=O)C(CCCCN)NC(=O)COCCOCCNC(=O)CCC(NC(=O)CCC(N)C(=O)OC(C)(C)C)C(=O)OC(C)(C)C. The average molecular weight is 691 g/mol. The second-order valence-corrected chi connectivity index (χ2v) is 13.0. The van der Waals surface area contributed by atoms with E-state index in [0.29, 0.717) is 25.8 Å². The molecule has 4 amide bonds. The van der Waals surface area contributed by atoms with Crippen LogP contribution in [0.3, 0.4) is 0 Å². The van der Waals surface area contributed by atoms with E-state index in [1.165, 1.54) is 7.11 Å². The van der Waals surface area contributed by atoms with Gasteiger partial charge < -0.3 is 46.4 Å². The Balaban J connectivity index is 4.53. The number of esters is 2. The molecule has 0 aromatic heterocycles. The second kappa shape index (κ2) is 23.9. The molecule has 3 unspecified atom stereocenters. The molecule has 0 saturated heterocycles. The quantitative estimate of drug-likeness (QED) is 0.0425. The highest BCUT2D eigenvalue weighted by Crippen LogP contribution is 2.12. The summed E-state index contributed by atoms with van der Waals surface area (Å²) in [6.45, 7) is 10.9. The Morgan fingerprint density at radius 2 is 1.27 bits per heavy atom. The molecule has 0 aliphatic heterocycles. The predicted octanol–water partition coefficient (Wildman–Crippen LogP) is -0.517. The summed E-state index contributed by atoms with van der Waals surface area (Å²) in [7, 11) is 1.30. The van der Waals surface area contributed by atoms with E-state index in [-0.39, 0.29) is 64.6 Å². The van der Waals surface area contributed by atoms with Gasteiger partial charge in [0.1, 0.15) is 35.9 Å². The van der Waals surface area contributed by atoms with Crippen molar-refractivity contribution in [2.24, 2.45) is 11.5 Å². The summed E-state index contributed by atoms with van der Waals surface area (Å²) in [5.74, 6) is -3.19. The molecule has 0 aliphatic rings. The third kappa shape index (κ3) is 23.9. The molecule has 3 atom stereocenters. The lowest BCUT2D eigenvalue weighted by molar-refractivity contribution is -0.159. The topological polar surface area (TPSA) is 249 Å². The molecule has 48 heavy (non-hydrogen) atoms. The minimum atomic E-state index is -1.10. The van der Waals surface area contributed by atoms with Gasteiger partial charge in [0.25, 0.3) is 5.91 Å². The van der Waals surface area contributed by atoms with Gasteiger partial charge in [0.15, 0.2) is 0 Å². The predicted molar refractivity (Wildman–Crippen MR) is 175 cm³/mol. The van der Waals surface area contributed by atoms with Gasteiger partial charge in [-0.25, -0.2) is 10.3 Å². The molecule has 0 aliphatic carbocycles. The fraction of sp³-hybridized carbons (Fsp3) is 0.806. The zero-order chi connectivity index (χ0) is 36.8. The molecule has 0 saturated carbocycles. The molecule has 0 aromatic carbocycles. The molecule has 0 fully saturated rings. The molecule has 278 valence electrons. The van der Waals surface area contributed by atoms with E-state index >= 15 is 0 Å². The number of nitrogens with one attached hydrogen (secondary N) is 4. The van der Waals surface area contributed by atoms with Gasteiger partial charge in [-0.3, -0.25) is 28.8 Å². The maximum Gasteiger partial charge on any atom is 0.329 e. The molecule has 0 radical (unpaired) electrons. The number of hydrogen-bond acceptors (Lipinski definition) is 13. The monoisotopic (exact) mass is 690 g/mol. The van der Waals surface area contributed by atoms with Gasteiger partial charge in [0.05, 0.1) is 26.9 Å². The van der Waals surface area contributed by atoms with Crippen LogP contribution in [0.1, 0.15) is 86.5 Å². The van der Waals surface area contributed by atoms with E-state index in [1.54, 1.807) is 41.5 Å². The first-order valence-electron chi connectivity index (χ1n) is 16.1. The summed E-state index contributed by atoms with van der Waals surface area (Å²) >= 11 is 0. The van der Waals surface area contributed by atoms with Crippen LogP contribution < -0.4 is 32.9 Å². The fourth-order valence-electron chi connectivity index (χ4n) is 3.85. The van der Waals surface area contributed by atoms with Crippen molar-refractivity contribution in [2.75, 3.05) is 46.6 Å². The Morgan fingerprint density at radius 3 is 1.88 bits per heavy atom. The van der Waals surface area contributed by atoms with E-state index < -0.39 is 59.0 Å². The molecule has 0 aromatic rings. The van der Waals surface area contributed by atoms with Gasteiger partial charge >= 0.3 is 11.9 Å². The highest BCUT2D eigenvalue weighted by atomic mass is 16.6. The first-order chi connectivity index (χ1) is 22.4. The Kier molecular flexibility index (Phi) is 22.2. The smallest absolute Gasteiger partial charge is 0.329 e. The molecule has 8 N–H and O–H groups in total. The van der Waals surface area contributed by atoms with E-state index in [4.69, 9.17) is 30.4 Å². The van der Waals surface area contributed by atoms with E-state index in [0.717, 1.165) is 0 Å². The van der Waals surface area contributed by atoms with E-state index in [9.17, 15) is 28.8 Å². The third-order valence-electron chi connectivity index (χ3n) is 6.05. The number of unbranched alkanes of at least 4 members (excludes halogenated alkanes) is 1. The lowest BCUT2D eigenvalue weighted by Crippen LogP contribution is -2.47. The first-order valence-corrected chi connectivity index (χ1v) is 16.1.